The minimum atomic E-state index is -0.432. The molecule has 24 heavy (non-hydrogen) atoms. The average Bonchev–Trinajstić information content (AvgIpc) is 2.49. The summed E-state index contributed by atoms with van der Waals surface area (Å²) in [6, 6.07) is 0. The summed E-state index contributed by atoms with van der Waals surface area (Å²) in [4.78, 5) is 24.8. The zero-order valence-electron chi connectivity index (χ0n) is 15.4. The zero-order valence-corrected chi connectivity index (χ0v) is 15.4. The molecule has 0 aromatic carbocycles. The van der Waals surface area contributed by atoms with E-state index in [9.17, 15) is 9.59 Å². The van der Waals surface area contributed by atoms with Gasteiger partial charge in [-0.25, -0.2) is 4.79 Å². The van der Waals surface area contributed by atoms with Crippen LogP contribution in [0.3, 0.4) is 0 Å². The third-order valence-corrected chi connectivity index (χ3v) is 4.68. The smallest absolute Gasteiger partial charge is 0.373 e. The highest BCUT2D eigenvalue weighted by atomic mass is 16.6. The summed E-state index contributed by atoms with van der Waals surface area (Å²) in [6.07, 6.45) is 8.51. The summed E-state index contributed by atoms with van der Waals surface area (Å²) < 4.78 is 10.9. The van der Waals surface area contributed by atoms with E-state index < -0.39 is 5.97 Å². The van der Waals surface area contributed by atoms with Crippen molar-refractivity contribution >= 4 is 11.8 Å². The van der Waals surface area contributed by atoms with E-state index in [2.05, 4.69) is 20.8 Å². The van der Waals surface area contributed by atoms with E-state index in [4.69, 9.17) is 9.47 Å². The van der Waals surface area contributed by atoms with Gasteiger partial charge in [-0.1, -0.05) is 46.5 Å². The molecule has 1 aliphatic carbocycles. The predicted molar refractivity (Wildman–Crippen MR) is 93.1 cm³/mol. The molecule has 0 aromatic rings. The molecular formula is C20H30O4. The first-order chi connectivity index (χ1) is 11.4. The topological polar surface area (TPSA) is 52.6 Å². The van der Waals surface area contributed by atoms with E-state index in [0.717, 1.165) is 24.8 Å². The lowest BCUT2D eigenvalue weighted by Gasteiger charge is -2.36. The molecule has 4 nitrogen and oxygen atoms in total. The van der Waals surface area contributed by atoms with Gasteiger partial charge in [-0.2, -0.15) is 0 Å². The third kappa shape index (κ3) is 4.49. The Kier molecular flexibility index (Phi) is 6.25. The Morgan fingerprint density at radius 2 is 2.00 bits per heavy atom. The highest BCUT2D eigenvalue weighted by Crippen LogP contribution is 2.44. The van der Waals surface area contributed by atoms with Crippen LogP contribution in [0.25, 0.3) is 0 Å². The highest BCUT2D eigenvalue weighted by Gasteiger charge is 2.40. The summed E-state index contributed by atoms with van der Waals surface area (Å²) in [5, 5.41) is 0. The molecule has 0 bridgehead atoms. The number of Topliss-reactive ketones (excluding diaryl/α,β-unsaturated/α-hetero) is 1. The van der Waals surface area contributed by atoms with Crippen LogP contribution in [-0.2, 0) is 19.1 Å². The molecule has 0 saturated carbocycles. The number of hydrogen-bond donors (Lipinski definition) is 0. The highest BCUT2D eigenvalue weighted by molar-refractivity contribution is 5.99. The number of ether oxygens (including phenoxy) is 2. The van der Waals surface area contributed by atoms with Crippen LogP contribution >= 0.6 is 0 Å². The van der Waals surface area contributed by atoms with E-state index in [1.807, 2.05) is 0 Å². The molecule has 2 rings (SSSR count). The van der Waals surface area contributed by atoms with Crippen LogP contribution in [0.5, 0.6) is 0 Å². The van der Waals surface area contributed by atoms with Crippen molar-refractivity contribution in [1.82, 2.24) is 0 Å². The fourth-order valence-corrected chi connectivity index (χ4v) is 3.55. The van der Waals surface area contributed by atoms with Crippen molar-refractivity contribution in [3.05, 3.63) is 23.2 Å². The SMILES string of the molecule is CCCCCC[C@H]1C=C(C(=O)OCC)OC2=C1C(=O)CC(C)(C)C2. The number of carbonyl (C=O) groups excluding carboxylic acids is 2. The lowest BCUT2D eigenvalue weighted by molar-refractivity contribution is -0.142. The first-order valence-electron chi connectivity index (χ1n) is 9.21. The molecule has 0 aromatic heterocycles. The van der Waals surface area contributed by atoms with Crippen molar-refractivity contribution in [2.45, 2.75) is 72.6 Å². The van der Waals surface area contributed by atoms with Gasteiger partial charge in [-0.05, 0) is 24.8 Å². The fraction of sp³-hybridized carbons (Fsp3) is 0.700. The Balaban J connectivity index is 2.22. The van der Waals surface area contributed by atoms with Crippen LogP contribution in [0.15, 0.2) is 23.2 Å². The van der Waals surface area contributed by atoms with Crippen molar-refractivity contribution in [3.63, 3.8) is 0 Å². The zero-order chi connectivity index (χ0) is 17.7. The molecule has 134 valence electrons. The van der Waals surface area contributed by atoms with Gasteiger partial charge >= 0.3 is 5.97 Å². The fourth-order valence-electron chi connectivity index (χ4n) is 3.55. The van der Waals surface area contributed by atoms with Gasteiger partial charge in [-0.15, -0.1) is 0 Å². The lowest BCUT2D eigenvalue weighted by Crippen LogP contribution is -2.32. The van der Waals surface area contributed by atoms with Gasteiger partial charge in [0.2, 0.25) is 5.76 Å². The number of ketones is 1. The molecule has 0 fully saturated rings. The predicted octanol–water partition coefficient (Wildman–Crippen LogP) is 4.69. The maximum Gasteiger partial charge on any atom is 0.373 e. The van der Waals surface area contributed by atoms with Gasteiger partial charge in [0.15, 0.2) is 5.78 Å². The second kappa shape index (κ2) is 8.00. The van der Waals surface area contributed by atoms with Gasteiger partial charge in [0.1, 0.15) is 5.76 Å². The molecule has 1 aliphatic heterocycles. The molecule has 0 radical (unpaired) electrons. The second-order valence-electron chi connectivity index (χ2n) is 7.59. The molecule has 0 N–H and O–H groups in total. The summed E-state index contributed by atoms with van der Waals surface area (Å²) >= 11 is 0. The van der Waals surface area contributed by atoms with Crippen LogP contribution in [0.1, 0.15) is 72.6 Å². The summed E-state index contributed by atoms with van der Waals surface area (Å²) in [5.41, 5.74) is 0.665. The molecule has 1 atom stereocenters. The van der Waals surface area contributed by atoms with E-state index in [1.54, 1.807) is 13.0 Å². The molecule has 1 heterocycles. The first kappa shape index (κ1) is 18.8. The molecule has 0 unspecified atom stereocenters. The van der Waals surface area contributed by atoms with Gasteiger partial charge in [0.25, 0.3) is 0 Å². The molecular weight excluding hydrogens is 304 g/mol. The summed E-state index contributed by atoms with van der Waals surface area (Å²) in [7, 11) is 0. The number of rotatable bonds is 7. The van der Waals surface area contributed by atoms with Gasteiger partial charge < -0.3 is 9.47 Å². The Hall–Kier alpha value is -1.58. The van der Waals surface area contributed by atoms with Crippen molar-refractivity contribution in [2.24, 2.45) is 11.3 Å². The first-order valence-corrected chi connectivity index (χ1v) is 9.21. The van der Waals surface area contributed by atoms with Crippen molar-refractivity contribution in [2.75, 3.05) is 6.61 Å². The summed E-state index contributed by atoms with van der Waals surface area (Å²) in [5.74, 6) is 0.650. The molecule has 4 heteroatoms. The van der Waals surface area contributed by atoms with E-state index in [0.29, 0.717) is 25.2 Å². The number of unbranched alkanes of at least 4 members (excludes halogenated alkanes) is 3. The van der Waals surface area contributed by atoms with E-state index in [1.165, 1.54) is 12.8 Å². The van der Waals surface area contributed by atoms with Gasteiger partial charge in [0.05, 0.1) is 6.61 Å². The standard InChI is InChI=1S/C20H30O4/c1-5-7-8-9-10-14-11-16(19(22)23-6-2)24-17-13-20(3,4)12-15(21)18(14)17/h11,14H,5-10,12-13H2,1-4H3/t14-/m0/s1. The monoisotopic (exact) mass is 334 g/mol. The van der Waals surface area contributed by atoms with Crippen LogP contribution < -0.4 is 0 Å². The maximum absolute atomic E-state index is 12.7. The Labute approximate surface area is 145 Å². The largest absolute Gasteiger partial charge is 0.460 e. The minimum absolute atomic E-state index is 0.0198. The number of allylic oxidation sites excluding steroid dienone is 3. The number of hydrogen-bond acceptors (Lipinski definition) is 4. The molecule has 0 amide bonds. The quantitative estimate of drug-likeness (QED) is 0.500. The van der Waals surface area contributed by atoms with Crippen molar-refractivity contribution < 1.29 is 19.1 Å². The number of carbonyl (C=O) groups is 2. The maximum atomic E-state index is 12.7. The van der Waals surface area contributed by atoms with Crippen LogP contribution in [0, 0.1) is 11.3 Å². The van der Waals surface area contributed by atoms with Gasteiger partial charge in [0, 0.05) is 24.3 Å². The van der Waals surface area contributed by atoms with E-state index in [-0.39, 0.29) is 22.9 Å². The molecule has 0 spiro atoms. The Morgan fingerprint density at radius 1 is 1.25 bits per heavy atom. The summed E-state index contributed by atoms with van der Waals surface area (Å²) in [6.45, 7) is 8.41. The molecule has 2 aliphatic rings. The second-order valence-corrected chi connectivity index (χ2v) is 7.59. The molecule has 0 saturated heterocycles. The van der Waals surface area contributed by atoms with Crippen molar-refractivity contribution in [3.8, 4) is 0 Å². The normalized spacial score (nSPS) is 22.6. The minimum Gasteiger partial charge on any atom is -0.460 e. The van der Waals surface area contributed by atoms with Crippen LogP contribution in [-0.4, -0.2) is 18.4 Å². The average molecular weight is 334 g/mol. The van der Waals surface area contributed by atoms with Crippen molar-refractivity contribution in [1.29, 1.82) is 0 Å². The number of esters is 1. The third-order valence-electron chi connectivity index (χ3n) is 4.68. The van der Waals surface area contributed by atoms with Crippen LogP contribution in [0.2, 0.25) is 0 Å². The van der Waals surface area contributed by atoms with Crippen LogP contribution in [0.4, 0.5) is 0 Å². The van der Waals surface area contributed by atoms with Gasteiger partial charge in [-0.3, -0.25) is 4.79 Å². The Morgan fingerprint density at radius 3 is 2.67 bits per heavy atom. The van der Waals surface area contributed by atoms with E-state index >= 15 is 0 Å². The lowest BCUT2D eigenvalue weighted by atomic mass is 9.72. The Bertz CT molecular complexity index is 554.